The van der Waals surface area contributed by atoms with Crippen molar-refractivity contribution in [2.75, 3.05) is 45.3 Å². The van der Waals surface area contributed by atoms with Crippen molar-refractivity contribution in [2.24, 2.45) is 0 Å². The Kier molecular flexibility index (Phi) is 4.81. The molecule has 1 aliphatic rings. The van der Waals surface area contributed by atoms with E-state index in [2.05, 4.69) is 4.90 Å². The van der Waals surface area contributed by atoms with Gasteiger partial charge in [-0.3, -0.25) is 4.90 Å². The van der Waals surface area contributed by atoms with E-state index >= 15 is 0 Å². The van der Waals surface area contributed by atoms with Crippen LogP contribution in [0.2, 0.25) is 0 Å². The van der Waals surface area contributed by atoms with Crippen molar-refractivity contribution in [1.82, 2.24) is 4.90 Å². The lowest BCUT2D eigenvalue weighted by Gasteiger charge is -2.34. The molecule has 0 spiro atoms. The van der Waals surface area contributed by atoms with E-state index in [4.69, 9.17) is 15.2 Å². The van der Waals surface area contributed by atoms with Gasteiger partial charge in [0.25, 0.3) is 0 Å². The van der Waals surface area contributed by atoms with Crippen LogP contribution < -0.4 is 10.5 Å². The summed E-state index contributed by atoms with van der Waals surface area (Å²) < 4.78 is 11.0. The molecule has 1 unspecified atom stereocenters. The lowest BCUT2D eigenvalue weighted by atomic mass is 10.2. The number of ether oxygens (including phenoxy) is 2. The normalized spacial score (nSPS) is 20.8. The number of anilines is 1. The maximum absolute atomic E-state index is 9.24. The lowest BCUT2D eigenvalue weighted by Crippen LogP contribution is -2.48. The van der Waals surface area contributed by atoms with E-state index in [1.807, 2.05) is 24.3 Å². The van der Waals surface area contributed by atoms with Crippen LogP contribution in [-0.4, -0.2) is 55.6 Å². The topological polar surface area (TPSA) is 68.0 Å². The van der Waals surface area contributed by atoms with Crippen LogP contribution in [-0.2, 0) is 4.74 Å². The minimum absolute atomic E-state index is 0.0863. The van der Waals surface area contributed by atoms with Crippen molar-refractivity contribution in [1.29, 1.82) is 0 Å². The number of benzene rings is 1. The second-order valence-corrected chi connectivity index (χ2v) is 4.37. The third kappa shape index (κ3) is 3.60. The second kappa shape index (κ2) is 6.58. The molecule has 2 rings (SSSR count). The Morgan fingerprint density at radius 3 is 3.17 bits per heavy atom. The molecule has 0 aliphatic carbocycles. The number of hydrogen-bond acceptors (Lipinski definition) is 5. The van der Waals surface area contributed by atoms with Gasteiger partial charge in [-0.2, -0.15) is 0 Å². The zero-order valence-electron chi connectivity index (χ0n) is 10.4. The number of morpholine rings is 1. The van der Waals surface area contributed by atoms with Gasteiger partial charge in [-0.25, -0.2) is 0 Å². The maximum atomic E-state index is 9.24. The molecule has 0 amide bonds. The van der Waals surface area contributed by atoms with E-state index in [-0.39, 0.29) is 12.6 Å². The molecule has 1 aromatic rings. The number of aliphatic hydroxyl groups excluding tert-OH is 1. The largest absolute Gasteiger partial charge is 0.492 e. The molecule has 0 radical (unpaired) electrons. The summed E-state index contributed by atoms with van der Waals surface area (Å²) in [6.45, 7) is 3.64. The molecule has 3 N–H and O–H groups in total. The smallest absolute Gasteiger partial charge is 0.121 e. The van der Waals surface area contributed by atoms with Crippen molar-refractivity contribution in [3.63, 3.8) is 0 Å². The fraction of sp³-hybridized carbons (Fsp3) is 0.538. The van der Waals surface area contributed by atoms with Crippen LogP contribution in [0.4, 0.5) is 5.69 Å². The maximum Gasteiger partial charge on any atom is 0.121 e. The van der Waals surface area contributed by atoms with Crippen molar-refractivity contribution in [2.45, 2.75) is 6.04 Å². The molecular weight excluding hydrogens is 232 g/mol. The number of aliphatic hydroxyl groups is 1. The summed E-state index contributed by atoms with van der Waals surface area (Å²) in [4.78, 5) is 2.19. The third-order valence-corrected chi connectivity index (χ3v) is 3.07. The minimum Gasteiger partial charge on any atom is -0.492 e. The Labute approximate surface area is 107 Å². The number of nitrogens with zero attached hydrogens (tertiary/aromatic N) is 1. The predicted octanol–water partition coefficient (Wildman–Crippen LogP) is 0.341. The van der Waals surface area contributed by atoms with Crippen molar-refractivity contribution in [3.05, 3.63) is 24.3 Å². The quantitative estimate of drug-likeness (QED) is 0.740. The minimum atomic E-state index is 0.0863. The van der Waals surface area contributed by atoms with Crippen molar-refractivity contribution >= 4 is 5.69 Å². The standard InChI is InChI=1S/C13H20N2O3/c14-11-2-1-3-13(8-11)18-7-5-15-4-6-17-10-12(15)9-16/h1-3,8,12,16H,4-7,9-10,14H2. The third-order valence-electron chi connectivity index (χ3n) is 3.07. The zero-order valence-corrected chi connectivity index (χ0v) is 10.4. The summed E-state index contributed by atoms with van der Waals surface area (Å²) >= 11 is 0. The van der Waals surface area contributed by atoms with Gasteiger partial charge in [0.2, 0.25) is 0 Å². The molecule has 0 aromatic heterocycles. The van der Waals surface area contributed by atoms with Gasteiger partial charge in [-0.05, 0) is 12.1 Å². The van der Waals surface area contributed by atoms with Crippen LogP contribution in [0.25, 0.3) is 0 Å². The van der Waals surface area contributed by atoms with E-state index in [9.17, 15) is 5.11 Å². The Balaban J connectivity index is 1.77. The monoisotopic (exact) mass is 252 g/mol. The molecule has 100 valence electrons. The first-order valence-corrected chi connectivity index (χ1v) is 6.20. The number of nitrogen functional groups attached to an aromatic ring is 1. The van der Waals surface area contributed by atoms with Crippen LogP contribution in [0.15, 0.2) is 24.3 Å². The first kappa shape index (κ1) is 13.1. The van der Waals surface area contributed by atoms with Gasteiger partial charge in [0.1, 0.15) is 12.4 Å². The van der Waals surface area contributed by atoms with Gasteiger partial charge in [-0.15, -0.1) is 0 Å². The zero-order chi connectivity index (χ0) is 12.8. The van der Waals surface area contributed by atoms with Crippen LogP contribution in [0.3, 0.4) is 0 Å². The van der Waals surface area contributed by atoms with Gasteiger partial charge in [0.15, 0.2) is 0 Å². The summed E-state index contributed by atoms with van der Waals surface area (Å²) in [6.07, 6.45) is 0. The summed E-state index contributed by atoms with van der Waals surface area (Å²) in [5.74, 6) is 0.781. The average Bonchev–Trinajstić information content (AvgIpc) is 2.39. The highest BCUT2D eigenvalue weighted by Gasteiger charge is 2.21. The highest BCUT2D eigenvalue weighted by Crippen LogP contribution is 2.14. The molecule has 18 heavy (non-hydrogen) atoms. The fourth-order valence-corrected chi connectivity index (χ4v) is 2.04. The van der Waals surface area contributed by atoms with Crippen molar-refractivity contribution < 1.29 is 14.6 Å². The van der Waals surface area contributed by atoms with Crippen LogP contribution >= 0.6 is 0 Å². The second-order valence-electron chi connectivity index (χ2n) is 4.37. The van der Waals surface area contributed by atoms with Gasteiger partial charge in [0, 0.05) is 24.8 Å². The molecule has 1 atom stereocenters. The molecule has 1 saturated heterocycles. The fourth-order valence-electron chi connectivity index (χ4n) is 2.04. The van der Waals surface area contributed by atoms with Crippen LogP contribution in [0.1, 0.15) is 0 Å². The molecule has 1 fully saturated rings. The first-order valence-electron chi connectivity index (χ1n) is 6.20. The van der Waals surface area contributed by atoms with E-state index < -0.39 is 0 Å². The van der Waals surface area contributed by atoms with Crippen LogP contribution in [0, 0.1) is 0 Å². The summed E-state index contributed by atoms with van der Waals surface area (Å²) in [7, 11) is 0. The molecule has 1 heterocycles. The van der Waals surface area contributed by atoms with Gasteiger partial charge >= 0.3 is 0 Å². The van der Waals surface area contributed by atoms with Gasteiger partial charge < -0.3 is 20.3 Å². The summed E-state index contributed by atoms with van der Waals surface area (Å²) in [6, 6.07) is 7.48. The molecule has 1 aromatic carbocycles. The lowest BCUT2D eigenvalue weighted by molar-refractivity contribution is -0.0312. The van der Waals surface area contributed by atoms with E-state index in [0.29, 0.717) is 18.9 Å². The summed E-state index contributed by atoms with van der Waals surface area (Å²) in [5, 5.41) is 9.24. The number of rotatable bonds is 5. The number of hydrogen-bond donors (Lipinski definition) is 2. The Morgan fingerprint density at radius 2 is 2.39 bits per heavy atom. The van der Waals surface area contributed by atoms with E-state index in [1.54, 1.807) is 0 Å². The molecule has 0 saturated carbocycles. The summed E-state index contributed by atoms with van der Waals surface area (Å²) in [5.41, 5.74) is 6.38. The Hall–Kier alpha value is -1.30. The van der Waals surface area contributed by atoms with Crippen LogP contribution in [0.5, 0.6) is 5.75 Å². The Bertz CT molecular complexity index is 373. The highest BCUT2D eigenvalue weighted by molar-refractivity contribution is 5.43. The molecule has 1 aliphatic heterocycles. The molecular formula is C13H20N2O3. The van der Waals surface area contributed by atoms with Gasteiger partial charge in [-0.1, -0.05) is 6.07 Å². The average molecular weight is 252 g/mol. The van der Waals surface area contributed by atoms with Gasteiger partial charge in [0.05, 0.1) is 25.9 Å². The predicted molar refractivity (Wildman–Crippen MR) is 69.6 cm³/mol. The Morgan fingerprint density at radius 1 is 1.50 bits per heavy atom. The first-order chi connectivity index (χ1) is 8.79. The molecule has 5 heteroatoms. The molecule has 0 bridgehead atoms. The SMILES string of the molecule is Nc1cccc(OCCN2CCOCC2CO)c1. The molecule has 5 nitrogen and oxygen atoms in total. The van der Waals surface area contributed by atoms with E-state index in [0.717, 1.165) is 25.4 Å². The number of nitrogens with two attached hydrogens (primary N) is 1. The van der Waals surface area contributed by atoms with E-state index in [1.165, 1.54) is 0 Å². The highest BCUT2D eigenvalue weighted by atomic mass is 16.5. The van der Waals surface area contributed by atoms with Crippen molar-refractivity contribution in [3.8, 4) is 5.75 Å².